The zero-order valence-corrected chi connectivity index (χ0v) is 11.3. The van der Waals surface area contributed by atoms with Crippen molar-refractivity contribution in [1.82, 2.24) is 0 Å². The van der Waals surface area contributed by atoms with Crippen LogP contribution in [-0.2, 0) is 11.0 Å². The number of carboxylic acid groups (broad SMARTS) is 1. The van der Waals surface area contributed by atoms with Crippen molar-refractivity contribution in [2.45, 2.75) is 6.18 Å². The molecule has 0 heterocycles. The summed E-state index contributed by atoms with van der Waals surface area (Å²) in [4.78, 5) is 10.5. The molecule has 2 aromatic carbocycles. The number of ether oxygens (including phenoxy) is 1. The van der Waals surface area contributed by atoms with Crippen LogP contribution in [0.1, 0.15) is 5.56 Å². The molecule has 2 aromatic rings. The molecule has 0 fully saturated rings. The number of hydrogen-bond acceptors (Lipinski definition) is 2. The minimum atomic E-state index is -4.70. The molecule has 0 atom stereocenters. The number of benzene rings is 2. The zero-order valence-electron chi connectivity index (χ0n) is 11.3. The Kier molecular flexibility index (Phi) is 4.53. The molecular weight excluding hydrogens is 323 g/mol. The van der Waals surface area contributed by atoms with Gasteiger partial charge in [0.2, 0.25) is 0 Å². The average molecular weight is 332 g/mol. The van der Waals surface area contributed by atoms with Crippen molar-refractivity contribution in [3.8, 4) is 16.9 Å². The fraction of sp³-hybridized carbons (Fsp3) is 0.133. The largest absolute Gasteiger partial charge is 0.481 e. The minimum Gasteiger partial charge on any atom is -0.481 e. The fourth-order valence-corrected chi connectivity index (χ4v) is 1.89. The van der Waals surface area contributed by atoms with Crippen LogP contribution in [0.15, 0.2) is 36.4 Å². The predicted molar refractivity (Wildman–Crippen MR) is 69.9 cm³/mol. The van der Waals surface area contributed by atoms with Crippen LogP contribution < -0.4 is 4.74 Å². The van der Waals surface area contributed by atoms with E-state index >= 15 is 0 Å². The van der Waals surface area contributed by atoms with Crippen LogP contribution in [-0.4, -0.2) is 17.7 Å². The number of aliphatic carboxylic acids is 1. The Hall–Kier alpha value is -2.64. The van der Waals surface area contributed by atoms with Gasteiger partial charge in [0.1, 0.15) is 17.4 Å². The van der Waals surface area contributed by atoms with Crippen molar-refractivity contribution in [2.24, 2.45) is 0 Å². The highest BCUT2D eigenvalue weighted by Crippen LogP contribution is 2.38. The first kappa shape index (κ1) is 16.7. The summed E-state index contributed by atoms with van der Waals surface area (Å²) in [7, 11) is 0. The van der Waals surface area contributed by atoms with Crippen LogP contribution in [0.2, 0.25) is 0 Å². The Bertz CT molecular complexity index is 740. The highest BCUT2D eigenvalue weighted by molar-refractivity contribution is 5.73. The lowest BCUT2D eigenvalue weighted by Gasteiger charge is -2.14. The molecule has 0 bridgehead atoms. The van der Waals surface area contributed by atoms with Crippen LogP contribution >= 0.6 is 0 Å². The van der Waals surface area contributed by atoms with Gasteiger partial charge in [0, 0.05) is 11.1 Å². The number of hydrogen-bond donors (Lipinski definition) is 1. The first-order valence-electron chi connectivity index (χ1n) is 6.20. The standard InChI is InChI=1S/C15H9F5O3/c16-9-2-3-12(17)10(6-9)11-5-8(15(18,19)20)1-4-13(11)23-7-14(21)22/h1-6H,7H2,(H,21,22). The minimum absolute atomic E-state index is 0.301. The van der Waals surface area contributed by atoms with Crippen molar-refractivity contribution in [1.29, 1.82) is 0 Å². The molecule has 1 N–H and O–H groups in total. The van der Waals surface area contributed by atoms with Crippen LogP contribution in [0.3, 0.4) is 0 Å². The van der Waals surface area contributed by atoms with E-state index in [1.165, 1.54) is 0 Å². The van der Waals surface area contributed by atoms with Crippen molar-refractivity contribution in [3.05, 3.63) is 53.6 Å². The normalized spacial score (nSPS) is 11.3. The molecule has 3 nitrogen and oxygen atoms in total. The molecule has 0 unspecified atom stereocenters. The predicted octanol–water partition coefficient (Wildman–Crippen LogP) is 4.11. The lowest BCUT2D eigenvalue weighted by molar-refractivity contribution is -0.140. The second kappa shape index (κ2) is 6.23. The Labute approximate surface area is 126 Å². The monoisotopic (exact) mass is 332 g/mol. The van der Waals surface area contributed by atoms with E-state index in [1.54, 1.807) is 0 Å². The Balaban J connectivity index is 2.60. The zero-order chi connectivity index (χ0) is 17.2. The van der Waals surface area contributed by atoms with Gasteiger partial charge in [-0.15, -0.1) is 0 Å². The average Bonchev–Trinajstić information content (AvgIpc) is 2.46. The number of carboxylic acids is 1. The van der Waals surface area contributed by atoms with Crippen molar-refractivity contribution in [2.75, 3.05) is 6.61 Å². The maximum absolute atomic E-state index is 13.8. The summed E-state index contributed by atoms with van der Waals surface area (Å²) in [6.45, 7) is -0.838. The molecule has 23 heavy (non-hydrogen) atoms. The van der Waals surface area contributed by atoms with E-state index in [1.807, 2.05) is 0 Å². The van der Waals surface area contributed by atoms with E-state index in [0.29, 0.717) is 18.2 Å². The quantitative estimate of drug-likeness (QED) is 0.857. The van der Waals surface area contributed by atoms with Crippen molar-refractivity contribution in [3.63, 3.8) is 0 Å². The van der Waals surface area contributed by atoms with Crippen LogP contribution in [0.4, 0.5) is 22.0 Å². The molecule has 0 aliphatic rings. The molecule has 0 saturated heterocycles. The van der Waals surface area contributed by atoms with Gasteiger partial charge in [-0.05, 0) is 36.4 Å². The highest BCUT2D eigenvalue weighted by Gasteiger charge is 2.31. The second-order valence-electron chi connectivity index (χ2n) is 4.52. The molecule has 0 aromatic heterocycles. The van der Waals surface area contributed by atoms with Gasteiger partial charge < -0.3 is 9.84 Å². The lowest BCUT2D eigenvalue weighted by atomic mass is 10.0. The lowest BCUT2D eigenvalue weighted by Crippen LogP contribution is -2.11. The third kappa shape index (κ3) is 3.97. The van der Waals surface area contributed by atoms with Crippen LogP contribution in [0, 0.1) is 11.6 Å². The van der Waals surface area contributed by atoms with E-state index in [9.17, 15) is 26.7 Å². The molecule has 0 aliphatic heterocycles. The molecule has 2 rings (SSSR count). The molecule has 0 saturated carbocycles. The van der Waals surface area contributed by atoms with Gasteiger partial charge >= 0.3 is 12.1 Å². The van der Waals surface area contributed by atoms with Gasteiger partial charge in [-0.2, -0.15) is 13.2 Å². The van der Waals surface area contributed by atoms with Crippen LogP contribution in [0.5, 0.6) is 5.75 Å². The third-order valence-electron chi connectivity index (χ3n) is 2.88. The highest BCUT2D eigenvalue weighted by atomic mass is 19.4. The second-order valence-corrected chi connectivity index (χ2v) is 4.52. The van der Waals surface area contributed by atoms with Gasteiger partial charge in [0.15, 0.2) is 6.61 Å². The Morgan fingerprint density at radius 2 is 1.74 bits per heavy atom. The summed E-state index contributed by atoms with van der Waals surface area (Å²) < 4.78 is 70.4. The fourth-order valence-electron chi connectivity index (χ4n) is 1.89. The third-order valence-corrected chi connectivity index (χ3v) is 2.88. The van der Waals surface area contributed by atoms with E-state index in [2.05, 4.69) is 0 Å². The molecular formula is C15H9F5O3. The molecule has 0 aliphatic carbocycles. The summed E-state index contributed by atoms with van der Waals surface area (Å²) in [5.41, 5.74) is -1.95. The molecule has 0 spiro atoms. The van der Waals surface area contributed by atoms with E-state index in [-0.39, 0.29) is 5.75 Å². The van der Waals surface area contributed by atoms with Crippen molar-refractivity contribution >= 4 is 5.97 Å². The van der Waals surface area contributed by atoms with Gasteiger partial charge in [-0.1, -0.05) is 0 Å². The first-order valence-corrected chi connectivity index (χ1v) is 6.20. The Morgan fingerprint density at radius 1 is 1.04 bits per heavy atom. The van der Waals surface area contributed by atoms with E-state index < -0.39 is 47.1 Å². The number of carbonyl (C=O) groups is 1. The Morgan fingerprint density at radius 3 is 2.35 bits per heavy atom. The maximum atomic E-state index is 13.8. The van der Waals surface area contributed by atoms with Crippen LogP contribution in [0.25, 0.3) is 11.1 Å². The SMILES string of the molecule is O=C(O)COc1ccc(C(F)(F)F)cc1-c1cc(F)ccc1F. The maximum Gasteiger partial charge on any atom is 0.416 e. The van der Waals surface area contributed by atoms with Crippen molar-refractivity contribution < 1.29 is 36.6 Å². The topological polar surface area (TPSA) is 46.5 Å². The number of alkyl halides is 3. The van der Waals surface area contributed by atoms with Gasteiger partial charge in [0.05, 0.1) is 5.56 Å². The van der Waals surface area contributed by atoms with Gasteiger partial charge in [-0.25, -0.2) is 13.6 Å². The summed E-state index contributed by atoms with van der Waals surface area (Å²) >= 11 is 0. The molecule has 0 amide bonds. The van der Waals surface area contributed by atoms with E-state index in [4.69, 9.17) is 9.84 Å². The first-order chi connectivity index (χ1) is 10.7. The molecule has 8 heteroatoms. The summed E-state index contributed by atoms with van der Waals surface area (Å²) in [5.74, 6) is -3.49. The smallest absolute Gasteiger partial charge is 0.416 e. The summed E-state index contributed by atoms with van der Waals surface area (Å²) in [6, 6.07) is 4.38. The number of halogens is 5. The van der Waals surface area contributed by atoms with E-state index in [0.717, 1.165) is 18.2 Å². The van der Waals surface area contributed by atoms with Gasteiger partial charge in [-0.3, -0.25) is 0 Å². The summed E-state index contributed by atoms with van der Waals surface area (Å²) in [6.07, 6.45) is -4.70. The summed E-state index contributed by atoms with van der Waals surface area (Å²) in [5, 5.41) is 8.58. The molecule has 0 radical (unpaired) electrons. The van der Waals surface area contributed by atoms with Gasteiger partial charge in [0.25, 0.3) is 0 Å². The number of rotatable bonds is 4. The molecule has 122 valence electrons.